The molecule has 0 saturated heterocycles. The predicted octanol–water partition coefficient (Wildman–Crippen LogP) is 1.02. The molecule has 0 spiro atoms. The van der Waals surface area contributed by atoms with Crippen molar-refractivity contribution in [1.82, 2.24) is 5.32 Å². The van der Waals surface area contributed by atoms with Crippen molar-refractivity contribution in [2.75, 3.05) is 11.9 Å². The van der Waals surface area contributed by atoms with E-state index in [-0.39, 0.29) is 12.1 Å². The summed E-state index contributed by atoms with van der Waals surface area (Å²) in [5.74, 6) is -2.06. The number of hydrogen-bond acceptors (Lipinski definition) is 5. The minimum atomic E-state index is -1.16. The molecule has 5 N–H and O–H groups in total. The SMILES string of the molecule is CCCC(C)(NCC(=O)Nc1sccc1C(N)=O)C(=O)O. The Balaban J connectivity index is 2.63. The number of amides is 2. The van der Waals surface area contributed by atoms with E-state index in [0.717, 1.165) is 0 Å². The number of carboxylic acid groups (broad SMARTS) is 1. The van der Waals surface area contributed by atoms with Crippen LogP contribution in [0.1, 0.15) is 37.0 Å². The summed E-state index contributed by atoms with van der Waals surface area (Å²) in [5, 5.41) is 16.5. The van der Waals surface area contributed by atoms with Gasteiger partial charge in [-0.05, 0) is 24.8 Å². The normalized spacial score (nSPS) is 13.4. The van der Waals surface area contributed by atoms with Crippen LogP contribution in [0.4, 0.5) is 5.00 Å². The van der Waals surface area contributed by atoms with Gasteiger partial charge in [-0.15, -0.1) is 11.3 Å². The summed E-state index contributed by atoms with van der Waals surface area (Å²) in [6.45, 7) is 3.23. The van der Waals surface area contributed by atoms with Crippen LogP contribution in [0.15, 0.2) is 11.4 Å². The summed E-state index contributed by atoms with van der Waals surface area (Å²) in [7, 11) is 0. The molecule has 1 aromatic rings. The van der Waals surface area contributed by atoms with Crippen molar-refractivity contribution in [1.29, 1.82) is 0 Å². The molecular formula is C13H19N3O4S. The molecule has 1 rings (SSSR count). The second-order valence-electron chi connectivity index (χ2n) is 4.82. The Bertz CT molecular complexity index is 543. The monoisotopic (exact) mass is 313 g/mol. The molecule has 8 heteroatoms. The lowest BCUT2D eigenvalue weighted by atomic mass is 9.96. The molecule has 0 fully saturated rings. The highest BCUT2D eigenvalue weighted by Crippen LogP contribution is 2.22. The zero-order valence-electron chi connectivity index (χ0n) is 11.9. The fourth-order valence-electron chi connectivity index (χ4n) is 1.82. The zero-order chi connectivity index (χ0) is 16.0. The summed E-state index contributed by atoms with van der Waals surface area (Å²) in [4.78, 5) is 34.2. The summed E-state index contributed by atoms with van der Waals surface area (Å²) in [6, 6.07) is 1.52. The zero-order valence-corrected chi connectivity index (χ0v) is 12.8. The van der Waals surface area contributed by atoms with Crippen LogP contribution >= 0.6 is 11.3 Å². The van der Waals surface area contributed by atoms with Crippen molar-refractivity contribution in [3.8, 4) is 0 Å². The van der Waals surface area contributed by atoms with Crippen LogP contribution in [-0.4, -0.2) is 35.0 Å². The molecular weight excluding hydrogens is 294 g/mol. The van der Waals surface area contributed by atoms with Gasteiger partial charge >= 0.3 is 5.97 Å². The second-order valence-corrected chi connectivity index (χ2v) is 5.73. The van der Waals surface area contributed by atoms with Crippen LogP contribution in [0.5, 0.6) is 0 Å². The van der Waals surface area contributed by atoms with Crippen molar-refractivity contribution in [3.05, 3.63) is 17.0 Å². The average molecular weight is 313 g/mol. The Morgan fingerprint density at radius 2 is 2.10 bits per heavy atom. The number of rotatable bonds is 8. The van der Waals surface area contributed by atoms with Gasteiger partial charge in [-0.1, -0.05) is 13.3 Å². The third-order valence-corrected chi connectivity index (χ3v) is 3.87. The lowest BCUT2D eigenvalue weighted by Crippen LogP contribution is -2.51. The summed E-state index contributed by atoms with van der Waals surface area (Å²) < 4.78 is 0. The van der Waals surface area contributed by atoms with Crippen LogP contribution in [0.2, 0.25) is 0 Å². The minimum Gasteiger partial charge on any atom is -0.480 e. The largest absolute Gasteiger partial charge is 0.480 e. The fourth-order valence-corrected chi connectivity index (χ4v) is 2.63. The van der Waals surface area contributed by atoms with Gasteiger partial charge in [0.25, 0.3) is 5.91 Å². The van der Waals surface area contributed by atoms with Gasteiger partial charge in [0.2, 0.25) is 5.91 Å². The van der Waals surface area contributed by atoms with Crippen LogP contribution < -0.4 is 16.4 Å². The molecule has 21 heavy (non-hydrogen) atoms. The summed E-state index contributed by atoms with van der Waals surface area (Å²) in [6.07, 6.45) is 1.08. The van der Waals surface area contributed by atoms with E-state index in [1.54, 1.807) is 5.38 Å². The van der Waals surface area contributed by atoms with Gasteiger partial charge in [-0.3, -0.25) is 19.7 Å². The predicted molar refractivity (Wildman–Crippen MR) is 80.4 cm³/mol. The van der Waals surface area contributed by atoms with E-state index in [4.69, 9.17) is 5.73 Å². The van der Waals surface area contributed by atoms with Crippen molar-refractivity contribution in [2.45, 2.75) is 32.2 Å². The van der Waals surface area contributed by atoms with E-state index < -0.39 is 23.3 Å². The van der Waals surface area contributed by atoms with E-state index in [1.165, 1.54) is 24.3 Å². The number of thiophene rings is 1. The summed E-state index contributed by atoms with van der Waals surface area (Å²) >= 11 is 1.18. The smallest absolute Gasteiger partial charge is 0.323 e. The van der Waals surface area contributed by atoms with Crippen LogP contribution in [0, 0.1) is 0 Å². The Kier molecular flexibility index (Phi) is 5.86. The van der Waals surface area contributed by atoms with Crippen molar-refractivity contribution < 1.29 is 19.5 Å². The highest BCUT2D eigenvalue weighted by molar-refractivity contribution is 7.14. The molecule has 116 valence electrons. The highest BCUT2D eigenvalue weighted by atomic mass is 32.1. The first-order valence-electron chi connectivity index (χ1n) is 6.45. The molecule has 1 heterocycles. The van der Waals surface area contributed by atoms with Gasteiger partial charge in [0.15, 0.2) is 0 Å². The lowest BCUT2D eigenvalue weighted by molar-refractivity contribution is -0.144. The maximum Gasteiger partial charge on any atom is 0.323 e. The summed E-state index contributed by atoms with van der Waals surface area (Å²) in [5.41, 5.74) is 4.26. The van der Waals surface area contributed by atoms with Gasteiger partial charge in [-0.2, -0.15) is 0 Å². The maximum atomic E-state index is 11.8. The number of aliphatic carboxylic acids is 1. The second kappa shape index (κ2) is 7.19. The Hall–Kier alpha value is -1.93. The van der Waals surface area contributed by atoms with E-state index >= 15 is 0 Å². The highest BCUT2D eigenvalue weighted by Gasteiger charge is 2.32. The first-order chi connectivity index (χ1) is 9.80. The third kappa shape index (κ3) is 4.54. The van der Waals surface area contributed by atoms with E-state index in [0.29, 0.717) is 17.8 Å². The van der Waals surface area contributed by atoms with Crippen LogP contribution in [0.3, 0.4) is 0 Å². The molecule has 0 saturated carbocycles. The number of carbonyl (C=O) groups excluding carboxylic acids is 2. The molecule has 1 aromatic heterocycles. The van der Waals surface area contributed by atoms with Gasteiger partial charge in [0, 0.05) is 0 Å². The number of primary amides is 1. The van der Waals surface area contributed by atoms with E-state index in [2.05, 4.69) is 10.6 Å². The van der Waals surface area contributed by atoms with E-state index in [1.807, 2.05) is 6.92 Å². The fraction of sp³-hybridized carbons (Fsp3) is 0.462. The number of carbonyl (C=O) groups is 3. The van der Waals surface area contributed by atoms with Gasteiger partial charge < -0.3 is 16.2 Å². The van der Waals surface area contributed by atoms with Crippen molar-refractivity contribution >= 4 is 34.1 Å². The molecule has 0 aliphatic carbocycles. The maximum absolute atomic E-state index is 11.8. The standard InChI is InChI=1S/C13H19N3O4S/c1-3-5-13(2,12(19)20)15-7-9(17)16-11-8(10(14)18)4-6-21-11/h4,6,15H,3,5,7H2,1-2H3,(H2,14,18)(H,16,17)(H,19,20). The first-order valence-corrected chi connectivity index (χ1v) is 7.33. The number of nitrogens with one attached hydrogen (secondary N) is 2. The lowest BCUT2D eigenvalue weighted by Gasteiger charge is -2.25. The third-order valence-electron chi connectivity index (χ3n) is 3.04. The Labute approximate surface area is 126 Å². The van der Waals surface area contributed by atoms with E-state index in [9.17, 15) is 19.5 Å². The molecule has 0 aliphatic heterocycles. The average Bonchev–Trinajstić information content (AvgIpc) is 2.85. The van der Waals surface area contributed by atoms with Gasteiger partial charge in [-0.25, -0.2) is 0 Å². The van der Waals surface area contributed by atoms with Gasteiger partial charge in [0.1, 0.15) is 10.5 Å². The topological polar surface area (TPSA) is 122 Å². The molecule has 1 atom stereocenters. The quantitative estimate of drug-likeness (QED) is 0.571. The number of carboxylic acids is 1. The molecule has 0 radical (unpaired) electrons. The van der Waals surface area contributed by atoms with Gasteiger partial charge in [0.05, 0.1) is 12.1 Å². The molecule has 0 aromatic carbocycles. The molecule has 0 bridgehead atoms. The Morgan fingerprint density at radius 1 is 1.43 bits per heavy atom. The molecule has 7 nitrogen and oxygen atoms in total. The minimum absolute atomic E-state index is 0.168. The Morgan fingerprint density at radius 3 is 2.62 bits per heavy atom. The van der Waals surface area contributed by atoms with Crippen molar-refractivity contribution in [2.24, 2.45) is 5.73 Å². The molecule has 2 amide bonds. The first kappa shape index (κ1) is 17.1. The number of hydrogen-bond donors (Lipinski definition) is 4. The molecule has 1 unspecified atom stereocenters. The molecule has 0 aliphatic rings. The number of anilines is 1. The number of nitrogens with two attached hydrogens (primary N) is 1. The van der Waals surface area contributed by atoms with Crippen LogP contribution in [0.25, 0.3) is 0 Å². The van der Waals surface area contributed by atoms with Crippen molar-refractivity contribution in [3.63, 3.8) is 0 Å². The van der Waals surface area contributed by atoms with Crippen LogP contribution in [-0.2, 0) is 9.59 Å².